The van der Waals surface area contributed by atoms with Gasteiger partial charge in [-0.25, -0.2) is 4.99 Å². The summed E-state index contributed by atoms with van der Waals surface area (Å²) in [6.45, 7) is 5.95. The molecule has 2 rings (SSSR count). The fourth-order valence-electron chi connectivity index (χ4n) is 1.80. The van der Waals surface area contributed by atoms with E-state index in [0.29, 0.717) is 18.3 Å². The maximum Gasteiger partial charge on any atom is 0.294 e. The Morgan fingerprint density at radius 2 is 2.17 bits per heavy atom. The average Bonchev–Trinajstić information content (AvgIpc) is 2.57. The first-order valence-electron chi connectivity index (χ1n) is 6.89. The van der Waals surface area contributed by atoms with Gasteiger partial charge in [0.15, 0.2) is 0 Å². The molecular weight excluding hydrogens is 308 g/mol. The smallest absolute Gasteiger partial charge is 0.294 e. The summed E-state index contributed by atoms with van der Waals surface area (Å²) in [5, 5.41) is 5.49. The molecule has 116 valence electrons. The fourth-order valence-corrected chi connectivity index (χ4v) is 1.91. The molecule has 2 aromatic rings. The zero-order valence-electron chi connectivity index (χ0n) is 12.7. The number of nitrogens with one attached hydrogen (secondary N) is 1. The van der Waals surface area contributed by atoms with Crippen LogP contribution in [0.4, 0.5) is 11.4 Å². The standard InChI is InChI=1S/C17H16N4OS/c1-3-19-17(22-11-14-6-8-18-9-7-14)21-16-10-15(20-12-23)5-4-13(16)2/h3-10H,1,11H2,2H3,(H,19,21). The number of benzene rings is 1. The zero-order chi connectivity index (χ0) is 16.5. The van der Waals surface area contributed by atoms with Gasteiger partial charge in [0.1, 0.15) is 6.61 Å². The van der Waals surface area contributed by atoms with Crippen molar-refractivity contribution in [3.63, 3.8) is 0 Å². The molecule has 1 aromatic heterocycles. The third kappa shape index (κ3) is 5.14. The van der Waals surface area contributed by atoms with Crippen LogP contribution in [0.1, 0.15) is 11.1 Å². The van der Waals surface area contributed by atoms with E-state index < -0.39 is 0 Å². The molecule has 23 heavy (non-hydrogen) atoms. The van der Waals surface area contributed by atoms with E-state index in [1.807, 2.05) is 37.3 Å². The van der Waals surface area contributed by atoms with Crippen molar-refractivity contribution in [1.29, 1.82) is 0 Å². The Morgan fingerprint density at radius 3 is 2.87 bits per heavy atom. The van der Waals surface area contributed by atoms with Crippen LogP contribution in [-0.4, -0.2) is 16.2 Å². The predicted octanol–water partition coefficient (Wildman–Crippen LogP) is 4.25. The number of nitrogens with zero attached hydrogens (tertiary/aromatic N) is 3. The van der Waals surface area contributed by atoms with Gasteiger partial charge in [-0.15, -0.1) is 0 Å². The fraction of sp³-hybridized carbons (Fsp3) is 0.118. The van der Waals surface area contributed by atoms with Gasteiger partial charge >= 0.3 is 0 Å². The number of aryl methyl sites for hydroxylation is 1. The molecule has 0 unspecified atom stereocenters. The Morgan fingerprint density at radius 1 is 1.39 bits per heavy atom. The van der Waals surface area contributed by atoms with E-state index >= 15 is 0 Å². The van der Waals surface area contributed by atoms with Crippen LogP contribution in [0.5, 0.6) is 0 Å². The van der Waals surface area contributed by atoms with Crippen molar-refractivity contribution < 1.29 is 4.74 Å². The largest absolute Gasteiger partial charge is 0.460 e. The van der Waals surface area contributed by atoms with Crippen molar-refractivity contribution in [2.75, 3.05) is 5.32 Å². The van der Waals surface area contributed by atoms with Gasteiger partial charge in [0.05, 0.1) is 10.8 Å². The molecule has 0 aliphatic carbocycles. The Balaban J connectivity index is 2.13. The minimum absolute atomic E-state index is 0.350. The highest BCUT2D eigenvalue weighted by molar-refractivity contribution is 7.78. The van der Waals surface area contributed by atoms with E-state index in [-0.39, 0.29) is 0 Å². The maximum atomic E-state index is 5.70. The van der Waals surface area contributed by atoms with Crippen molar-refractivity contribution in [2.24, 2.45) is 9.98 Å². The number of amidine groups is 1. The van der Waals surface area contributed by atoms with Crippen molar-refractivity contribution in [1.82, 2.24) is 4.98 Å². The summed E-state index contributed by atoms with van der Waals surface area (Å²) in [6.07, 6.45) is 4.85. The highest BCUT2D eigenvalue weighted by atomic mass is 32.1. The number of hydrogen-bond acceptors (Lipinski definition) is 5. The van der Waals surface area contributed by atoms with Crippen LogP contribution in [0.15, 0.2) is 65.5 Å². The van der Waals surface area contributed by atoms with Crippen molar-refractivity contribution in [3.8, 4) is 0 Å². The summed E-state index contributed by atoms with van der Waals surface area (Å²) in [5.74, 6) is 0. The molecule has 0 atom stereocenters. The van der Waals surface area contributed by atoms with E-state index in [1.165, 1.54) is 6.20 Å². The first kappa shape index (κ1) is 16.5. The first-order chi connectivity index (χ1) is 11.2. The molecule has 0 saturated heterocycles. The lowest BCUT2D eigenvalue weighted by atomic mass is 10.2. The van der Waals surface area contributed by atoms with Crippen LogP contribution in [0, 0.1) is 6.92 Å². The molecule has 1 aromatic carbocycles. The molecule has 0 radical (unpaired) electrons. The minimum Gasteiger partial charge on any atom is -0.460 e. The van der Waals surface area contributed by atoms with Crippen LogP contribution >= 0.6 is 12.2 Å². The monoisotopic (exact) mass is 324 g/mol. The molecule has 0 saturated carbocycles. The SMILES string of the molecule is C=CN=C(Nc1cc(N=C=S)ccc1C)OCc1ccncc1. The van der Waals surface area contributed by atoms with Crippen LogP contribution in [0.25, 0.3) is 0 Å². The van der Waals surface area contributed by atoms with E-state index in [1.54, 1.807) is 12.4 Å². The summed E-state index contributed by atoms with van der Waals surface area (Å²) in [6, 6.07) is 9.76. The zero-order valence-corrected chi connectivity index (χ0v) is 13.5. The Labute approximate surface area is 140 Å². The molecule has 6 heteroatoms. The summed E-state index contributed by atoms with van der Waals surface area (Å²) in [4.78, 5) is 12.1. The topological polar surface area (TPSA) is 58.9 Å². The van der Waals surface area contributed by atoms with E-state index in [2.05, 4.69) is 44.2 Å². The summed E-state index contributed by atoms with van der Waals surface area (Å²) in [7, 11) is 0. The van der Waals surface area contributed by atoms with E-state index in [9.17, 15) is 0 Å². The Bertz CT molecular complexity index is 752. The molecule has 0 aliphatic rings. The second-order valence-corrected chi connectivity index (χ2v) is 4.77. The van der Waals surface area contributed by atoms with Gasteiger partial charge in [-0.1, -0.05) is 12.6 Å². The number of anilines is 1. The molecule has 5 nitrogen and oxygen atoms in total. The first-order valence-corrected chi connectivity index (χ1v) is 7.29. The average molecular weight is 324 g/mol. The van der Waals surface area contributed by atoms with E-state index in [4.69, 9.17) is 4.74 Å². The quantitative estimate of drug-likeness (QED) is 0.507. The van der Waals surface area contributed by atoms with Crippen LogP contribution < -0.4 is 5.32 Å². The van der Waals surface area contributed by atoms with Crippen molar-refractivity contribution >= 4 is 34.8 Å². The number of aromatic nitrogens is 1. The van der Waals surface area contributed by atoms with Gasteiger partial charge in [-0.2, -0.15) is 4.99 Å². The lowest BCUT2D eigenvalue weighted by molar-refractivity contribution is 0.291. The van der Waals surface area contributed by atoms with Crippen LogP contribution in [0.2, 0.25) is 0 Å². The molecule has 1 N–H and O–H groups in total. The third-order valence-electron chi connectivity index (χ3n) is 2.97. The summed E-state index contributed by atoms with van der Waals surface area (Å²) >= 11 is 4.63. The second kappa shape index (κ2) is 8.58. The Kier molecular flexibility index (Phi) is 6.17. The van der Waals surface area contributed by atoms with Gasteiger partial charge in [-0.05, 0) is 54.5 Å². The molecular formula is C17H16N4OS. The number of rotatable bonds is 5. The molecule has 0 aliphatic heterocycles. The lowest BCUT2D eigenvalue weighted by Crippen LogP contribution is -2.16. The van der Waals surface area contributed by atoms with E-state index in [0.717, 1.165) is 16.8 Å². The molecule has 0 fully saturated rings. The van der Waals surface area contributed by atoms with Crippen LogP contribution in [-0.2, 0) is 11.3 Å². The number of aliphatic imine (C=N–C) groups is 2. The van der Waals surface area contributed by atoms with Crippen LogP contribution in [0.3, 0.4) is 0 Å². The summed E-state index contributed by atoms with van der Waals surface area (Å²) < 4.78 is 5.70. The Hall–Kier alpha value is -2.82. The molecule has 0 amide bonds. The second-order valence-electron chi connectivity index (χ2n) is 4.59. The highest BCUT2D eigenvalue weighted by Crippen LogP contribution is 2.22. The van der Waals surface area contributed by atoms with Gasteiger partial charge in [0, 0.05) is 24.3 Å². The number of thiocarbonyl (C=S) groups is 1. The number of isothiocyanates is 1. The lowest BCUT2D eigenvalue weighted by Gasteiger charge is -2.13. The number of hydrogen-bond donors (Lipinski definition) is 1. The van der Waals surface area contributed by atoms with Gasteiger partial charge in [0.25, 0.3) is 6.02 Å². The third-order valence-corrected chi connectivity index (χ3v) is 3.06. The normalized spacial score (nSPS) is 10.6. The summed E-state index contributed by atoms with van der Waals surface area (Å²) in [5.41, 5.74) is 3.55. The van der Waals surface area contributed by atoms with Gasteiger partial charge < -0.3 is 10.1 Å². The van der Waals surface area contributed by atoms with Crippen molar-refractivity contribution in [3.05, 3.63) is 66.6 Å². The van der Waals surface area contributed by atoms with Gasteiger partial charge in [-0.3, -0.25) is 4.98 Å². The van der Waals surface area contributed by atoms with Crippen molar-refractivity contribution in [2.45, 2.75) is 13.5 Å². The number of pyridine rings is 1. The minimum atomic E-state index is 0.350. The van der Waals surface area contributed by atoms with Gasteiger partial charge in [0.2, 0.25) is 0 Å². The molecule has 0 bridgehead atoms. The highest BCUT2D eigenvalue weighted by Gasteiger charge is 2.05. The maximum absolute atomic E-state index is 5.70. The molecule has 1 heterocycles. The predicted molar refractivity (Wildman–Crippen MR) is 96.1 cm³/mol. The number of ether oxygens (including phenoxy) is 1. The molecule has 0 spiro atoms.